The highest BCUT2D eigenvalue weighted by Crippen LogP contribution is 2.34. The third kappa shape index (κ3) is 17.3. The first kappa shape index (κ1) is 58.6. The van der Waals surface area contributed by atoms with Crippen LogP contribution in [0.2, 0.25) is 0 Å². The molecule has 2 saturated heterocycles. The van der Waals surface area contributed by atoms with Gasteiger partial charge in [-0.3, -0.25) is 9.80 Å². The minimum atomic E-state index is -0.520. The van der Waals surface area contributed by atoms with Crippen LogP contribution in [0.25, 0.3) is 20.4 Å². The standard InChI is InChI=1S/2C23H28F2N4S.C3H8.C2H6O.2ClH/c2*1-14(2)8-20-12-21-22(26-13-27-23(21)30-20)28-19-4-6-29(7-5-19)15(3)16-9-17(24)11-18(25)10-16;1-3-2;1-2-3;;/h2*9-15,19H,4-8H2,1-3H3,(H,26,27,28);3H2,1-2H3;3H,2H2,1H3;2*1H. The van der Waals surface area contributed by atoms with E-state index in [-0.39, 0.29) is 43.5 Å². The highest BCUT2D eigenvalue weighted by atomic mass is 35.5. The summed E-state index contributed by atoms with van der Waals surface area (Å²) in [6.45, 7) is 22.6. The molecule has 0 saturated carbocycles. The Hall–Kier alpha value is -3.70. The Balaban J connectivity index is 0.000000315. The molecule has 2 aliphatic heterocycles. The van der Waals surface area contributed by atoms with E-state index in [1.54, 1.807) is 42.3 Å². The molecule has 2 unspecified atom stereocenters. The van der Waals surface area contributed by atoms with Crippen molar-refractivity contribution in [3.05, 3.63) is 105 Å². The van der Waals surface area contributed by atoms with Crippen LogP contribution in [0.1, 0.15) is 127 Å². The third-order valence-electron chi connectivity index (χ3n) is 11.6. The van der Waals surface area contributed by atoms with Crippen molar-refractivity contribution in [1.29, 1.82) is 0 Å². The van der Waals surface area contributed by atoms with Gasteiger partial charge in [0.05, 0.1) is 10.8 Å². The van der Waals surface area contributed by atoms with Gasteiger partial charge in [-0.25, -0.2) is 37.5 Å². The summed E-state index contributed by atoms with van der Waals surface area (Å²) in [5, 5.41) is 17.0. The second-order valence-electron chi connectivity index (χ2n) is 18.2. The zero-order chi connectivity index (χ0) is 47.9. The molecule has 68 heavy (non-hydrogen) atoms. The van der Waals surface area contributed by atoms with Crippen LogP contribution < -0.4 is 10.6 Å². The Morgan fingerprint density at radius 1 is 0.559 bits per heavy atom. The molecule has 0 radical (unpaired) electrons. The number of fused-ring (bicyclic) bond motifs is 2. The molecule has 0 aliphatic carbocycles. The molecule has 2 aromatic carbocycles. The number of piperidine rings is 2. The molecule has 0 spiro atoms. The molecular weight excluding hydrogens is 952 g/mol. The van der Waals surface area contributed by atoms with E-state index < -0.39 is 23.3 Å². The molecule has 3 N–H and O–H groups in total. The van der Waals surface area contributed by atoms with Crippen LogP contribution in [0.4, 0.5) is 29.2 Å². The molecule has 2 aliphatic rings. The predicted octanol–water partition coefficient (Wildman–Crippen LogP) is 13.9. The van der Waals surface area contributed by atoms with Crippen LogP contribution in [0.15, 0.2) is 61.2 Å². The maximum absolute atomic E-state index is 13.6. The van der Waals surface area contributed by atoms with E-state index in [9.17, 15) is 17.6 Å². The summed E-state index contributed by atoms with van der Waals surface area (Å²) in [5.41, 5.74) is 1.37. The number of likely N-dealkylation sites (tertiary alicyclic amines) is 2. The van der Waals surface area contributed by atoms with Crippen molar-refractivity contribution in [2.45, 2.75) is 131 Å². The zero-order valence-electron chi connectivity index (χ0n) is 41.0. The van der Waals surface area contributed by atoms with Crippen LogP contribution in [0.3, 0.4) is 0 Å². The lowest BCUT2D eigenvalue weighted by Crippen LogP contribution is -2.40. The predicted molar refractivity (Wildman–Crippen MR) is 281 cm³/mol. The number of nitrogens with one attached hydrogen (secondary N) is 2. The van der Waals surface area contributed by atoms with E-state index >= 15 is 0 Å². The molecule has 0 amide bonds. The van der Waals surface area contributed by atoms with Crippen LogP contribution in [-0.4, -0.2) is 79.7 Å². The maximum atomic E-state index is 13.6. The highest BCUT2D eigenvalue weighted by molar-refractivity contribution is 7.19. The molecule has 6 heterocycles. The Labute approximate surface area is 421 Å². The number of thiophene rings is 2. The maximum Gasteiger partial charge on any atom is 0.138 e. The van der Waals surface area contributed by atoms with Crippen molar-refractivity contribution < 1.29 is 22.7 Å². The number of rotatable bonds is 12. The van der Waals surface area contributed by atoms with E-state index in [4.69, 9.17) is 5.11 Å². The molecule has 17 heteroatoms. The monoisotopic (exact) mass is 1020 g/mol. The molecular formula is C51H72Cl2F4N8OS2. The van der Waals surface area contributed by atoms with Gasteiger partial charge in [0.2, 0.25) is 0 Å². The van der Waals surface area contributed by atoms with E-state index in [0.717, 1.165) is 109 Å². The van der Waals surface area contributed by atoms with Crippen LogP contribution in [-0.2, 0) is 12.8 Å². The summed E-state index contributed by atoms with van der Waals surface area (Å²) in [6, 6.07) is 12.6. The summed E-state index contributed by atoms with van der Waals surface area (Å²) in [4.78, 5) is 27.2. The molecule has 376 valence electrons. The van der Waals surface area contributed by atoms with Crippen LogP contribution >= 0.6 is 47.5 Å². The van der Waals surface area contributed by atoms with Gasteiger partial charge in [0.25, 0.3) is 0 Å². The highest BCUT2D eigenvalue weighted by Gasteiger charge is 2.27. The van der Waals surface area contributed by atoms with E-state index in [0.29, 0.717) is 35.0 Å². The normalized spacial score (nSPS) is 15.5. The van der Waals surface area contributed by atoms with Gasteiger partial charge in [0.1, 0.15) is 57.2 Å². The minimum Gasteiger partial charge on any atom is -0.397 e. The summed E-state index contributed by atoms with van der Waals surface area (Å²) in [5.74, 6) is 0.959. The van der Waals surface area contributed by atoms with Crippen molar-refractivity contribution in [1.82, 2.24) is 29.7 Å². The molecule has 2 fully saturated rings. The Bertz CT molecular complexity index is 2200. The van der Waals surface area contributed by atoms with Gasteiger partial charge < -0.3 is 15.7 Å². The van der Waals surface area contributed by atoms with Gasteiger partial charge in [0.15, 0.2) is 0 Å². The zero-order valence-corrected chi connectivity index (χ0v) is 44.3. The molecule has 9 nitrogen and oxygen atoms in total. The van der Waals surface area contributed by atoms with Crippen LogP contribution in [0, 0.1) is 35.1 Å². The lowest BCUT2D eigenvalue weighted by atomic mass is 10.00. The number of anilines is 2. The quantitative estimate of drug-likeness (QED) is 0.103. The second-order valence-corrected chi connectivity index (χ2v) is 20.4. The Morgan fingerprint density at radius 2 is 0.868 bits per heavy atom. The average molecular weight is 1020 g/mol. The first-order chi connectivity index (χ1) is 31.6. The SMILES string of the molecule is CC(C)Cc1cc2c(NC3CCN(C(C)c4cc(F)cc(F)c4)CC3)ncnc2s1.CC(C)Cc1cc2c(NC3CCN(C(C)c4cc(F)cc(F)c4)CC3)ncnc2s1.CCC.CCO.Cl.Cl. The fourth-order valence-electron chi connectivity index (χ4n) is 8.35. The lowest BCUT2D eigenvalue weighted by molar-refractivity contribution is 0.167. The summed E-state index contributed by atoms with van der Waals surface area (Å²) < 4.78 is 54.3. The number of hydrogen-bond donors (Lipinski definition) is 3. The van der Waals surface area contributed by atoms with Crippen molar-refractivity contribution >= 4 is 79.6 Å². The third-order valence-corrected chi connectivity index (χ3v) is 13.7. The first-order valence-electron chi connectivity index (χ1n) is 23.6. The molecule has 4 aromatic heterocycles. The van der Waals surface area contributed by atoms with E-state index in [1.807, 2.05) is 13.8 Å². The number of aliphatic hydroxyl groups is 1. The number of nitrogens with zero attached hydrogens (tertiary/aromatic N) is 6. The molecule has 2 atom stereocenters. The summed E-state index contributed by atoms with van der Waals surface area (Å²) in [7, 11) is 0. The summed E-state index contributed by atoms with van der Waals surface area (Å²) in [6.07, 6.45) is 10.4. The minimum absolute atomic E-state index is 0. The fraction of sp³-hybridized carbons (Fsp3) is 0.529. The Kier molecular flexibility index (Phi) is 24.9. The van der Waals surface area contributed by atoms with Gasteiger partial charge in [-0.05, 0) is 119 Å². The largest absolute Gasteiger partial charge is 0.397 e. The van der Waals surface area contributed by atoms with Crippen molar-refractivity contribution in [3.63, 3.8) is 0 Å². The molecule has 0 bridgehead atoms. The molecule has 8 rings (SSSR count). The van der Waals surface area contributed by atoms with Crippen molar-refractivity contribution in [2.75, 3.05) is 43.4 Å². The number of aromatic nitrogens is 4. The lowest BCUT2D eigenvalue weighted by Gasteiger charge is -2.36. The fourth-order valence-corrected chi connectivity index (χ4v) is 10.8. The number of aliphatic hydroxyl groups excluding tert-OH is 1. The van der Waals surface area contributed by atoms with Crippen molar-refractivity contribution in [2.24, 2.45) is 11.8 Å². The van der Waals surface area contributed by atoms with E-state index in [1.165, 1.54) is 40.4 Å². The number of hydrogen-bond acceptors (Lipinski definition) is 11. The number of halogens is 6. The van der Waals surface area contributed by atoms with Gasteiger partial charge >= 0.3 is 0 Å². The first-order valence-corrected chi connectivity index (χ1v) is 25.2. The van der Waals surface area contributed by atoms with Gasteiger partial charge in [-0.15, -0.1) is 47.5 Å². The number of benzene rings is 2. The van der Waals surface area contributed by atoms with Gasteiger partial charge in [-0.1, -0.05) is 48.0 Å². The second kappa shape index (κ2) is 28.8. The average Bonchev–Trinajstić information content (AvgIpc) is 3.87. The van der Waals surface area contributed by atoms with Gasteiger partial charge in [-0.2, -0.15) is 0 Å². The smallest absolute Gasteiger partial charge is 0.138 e. The summed E-state index contributed by atoms with van der Waals surface area (Å²) >= 11 is 3.49. The van der Waals surface area contributed by atoms with E-state index in [2.05, 4.69) is 94.0 Å². The van der Waals surface area contributed by atoms with Gasteiger partial charge in [0, 0.05) is 78.8 Å². The Morgan fingerprint density at radius 3 is 1.16 bits per heavy atom. The van der Waals surface area contributed by atoms with Crippen molar-refractivity contribution in [3.8, 4) is 0 Å². The molecule has 6 aromatic rings. The van der Waals surface area contributed by atoms with Crippen LogP contribution in [0.5, 0.6) is 0 Å². The topological polar surface area (TPSA) is 102 Å².